The number of likely N-dealkylation sites (N-methyl/N-ethyl adjacent to an activating group) is 1. The SMILES string of the molecule is CNC(=O)CNC(=O)CCSCC(N)=O. The Morgan fingerprint density at radius 1 is 1.27 bits per heavy atom. The van der Waals surface area contributed by atoms with Crippen LogP contribution in [0.2, 0.25) is 0 Å². The molecule has 0 aliphatic heterocycles. The van der Waals surface area contributed by atoms with Gasteiger partial charge in [0, 0.05) is 19.2 Å². The number of carbonyl (C=O) groups excluding carboxylic acids is 3. The summed E-state index contributed by atoms with van der Waals surface area (Å²) in [7, 11) is 1.50. The summed E-state index contributed by atoms with van der Waals surface area (Å²) in [6.07, 6.45) is 0.273. The third kappa shape index (κ3) is 9.07. The minimum atomic E-state index is -0.397. The van der Waals surface area contributed by atoms with Crippen LogP contribution >= 0.6 is 11.8 Å². The highest BCUT2D eigenvalue weighted by atomic mass is 32.2. The van der Waals surface area contributed by atoms with Gasteiger partial charge in [-0.1, -0.05) is 0 Å². The van der Waals surface area contributed by atoms with Crippen molar-refractivity contribution >= 4 is 29.5 Å². The minimum Gasteiger partial charge on any atom is -0.369 e. The van der Waals surface area contributed by atoms with Gasteiger partial charge in [-0.15, -0.1) is 0 Å². The highest BCUT2D eigenvalue weighted by molar-refractivity contribution is 7.99. The fraction of sp³-hybridized carbons (Fsp3) is 0.625. The zero-order valence-electron chi connectivity index (χ0n) is 8.54. The molecule has 0 bridgehead atoms. The number of nitrogens with one attached hydrogen (secondary N) is 2. The zero-order valence-corrected chi connectivity index (χ0v) is 9.36. The highest BCUT2D eigenvalue weighted by Crippen LogP contribution is 2.00. The first-order chi connectivity index (χ1) is 7.06. The van der Waals surface area contributed by atoms with Gasteiger partial charge in [-0.3, -0.25) is 14.4 Å². The lowest BCUT2D eigenvalue weighted by atomic mass is 10.4. The molecule has 0 spiro atoms. The van der Waals surface area contributed by atoms with Crippen molar-refractivity contribution in [2.75, 3.05) is 25.1 Å². The normalized spacial score (nSPS) is 9.40. The maximum absolute atomic E-state index is 11.1. The molecule has 0 aliphatic carbocycles. The quantitative estimate of drug-likeness (QED) is 0.464. The molecule has 0 fully saturated rings. The first-order valence-corrected chi connectivity index (χ1v) is 5.55. The molecule has 0 aromatic rings. The topological polar surface area (TPSA) is 101 Å². The molecule has 3 amide bonds. The van der Waals surface area contributed by atoms with Crippen LogP contribution in [-0.4, -0.2) is 42.8 Å². The Hall–Kier alpha value is -1.24. The Balaban J connectivity index is 3.41. The van der Waals surface area contributed by atoms with E-state index >= 15 is 0 Å². The molecule has 0 heterocycles. The third-order valence-corrected chi connectivity index (χ3v) is 2.42. The van der Waals surface area contributed by atoms with E-state index < -0.39 is 5.91 Å². The number of nitrogens with two attached hydrogens (primary N) is 1. The zero-order chi connectivity index (χ0) is 11.7. The molecule has 0 saturated heterocycles. The van der Waals surface area contributed by atoms with Gasteiger partial charge in [0.1, 0.15) is 0 Å². The molecule has 0 aromatic heterocycles. The average molecular weight is 233 g/mol. The molecule has 0 radical (unpaired) electrons. The second-order valence-electron chi connectivity index (χ2n) is 2.72. The van der Waals surface area contributed by atoms with E-state index in [4.69, 9.17) is 5.73 Å². The van der Waals surface area contributed by atoms with E-state index in [2.05, 4.69) is 10.6 Å². The molecule has 0 aliphatic rings. The van der Waals surface area contributed by atoms with Gasteiger partial charge in [-0.2, -0.15) is 11.8 Å². The monoisotopic (exact) mass is 233 g/mol. The molecule has 0 aromatic carbocycles. The number of rotatable bonds is 7. The van der Waals surface area contributed by atoms with E-state index in [1.165, 1.54) is 18.8 Å². The van der Waals surface area contributed by atoms with Crippen LogP contribution in [0, 0.1) is 0 Å². The van der Waals surface area contributed by atoms with Gasteiger partial charge in [-0.05, 0) is 0 Å². The van der Waals surface area contributed by atoms with Crippen molar-refractivity contribution in [3.63, 3.8) is 0 Å². The van der Waals surface area contributed by atoms with Crippen molar-refractivity contribution in [3.05, 3.63) is 0 Å². The van der Waals surface area contributed by atoms with Gasteiger partial charge in [0.2, 0.25) is 17.7 Å². The van der Waals surface area contributed by atoms with E-state index in [1.807, 2.05) is 0 Å². The van der Waals surface area contributed by atoms with Gasteiger partial charge < -0.3 is 16.4 Å². The number of hydrogen-bond acceptors (Lipinski definition) is 4. The maximum Gasteiger partial charge on any atom is 0.239 e. The number of thioether (sulfide) groups is 1. The lowest BCUT2D eigenvalue weighted by Crippen LogP contribution is -2.35. The second-order valence-corrected chi connectivity index (χ2v) is 3.82. The standard InChI is InChI=1S/C8H15N3O3S/c1-10-8(14)4-11-7(13)2-3-15-5-6(9)12/h2-5H2,1H3,(H2,9,12)(H,10,14)(H,11,13). The number of carbonyl (C=O) groups is 3. The Kier molecular flexibility index (Phi) is 7.43. The predicted octanol–water partition coefficient (Wildman–Crippen LogP) is -1.54. The van der Waals surface area contributed by atoms with Crippen LogP contribution in [0.3, 0.4) is 0 Å². The third-order valence-electron chi connectivity index (χ3n) is 1.44. The summed E-state index contributed by atoms with van der Waals surface area (Å²) in [6.45, 7) is -0.0180. The summed E-state index contributed by atoms with van der Waals surface area (Å²) in [5.41, 5.74) is 4.91. The van der Waals surface area contributed by atoms with Crippen LogP contribution < -0.4 is 16.4 Å². The van der Waals surface area contributed by atoms with Crippen molar-refractivity contribution in [2.45, 2.75) is 6.42 Å². The van der Waals surface area contributed by atoms with E-state index in [0.29, 0.717) is 5.75 Å². The van der Waals surface area contributed by atoms with Gasteiger partial charge in [0.15, 0.2) is 0 Å². The highest BCUT2D eigenvalue weighted by Gasteiger charge is 2.04. The van der Waals surface area contributed by atoms with Crippen LogP contribution in [0.1, 0.15) is 6.42 Å². The number of amides is 3. The summed E-state index contributed by atoms with van der Waals surface area (Å²) in [6, 6.07) is 0. The van der Waals surface area contributed by atoms with Crippen LogP contribution in [0.25, 0.3) is 0 Å². The number of primary amides is 1. The van der Waals surface area contributed by atoms with Crippen molar-refractivity contribution < 1.29 is 14.4 Å². The summed E-state index contributed by atoms with van der Waals surface area (Å²) in [4.78, 5) is 32.2. The van der Waals surface area contributed by atoms with Crippen LogP contribution in [-0.2, 0) is 14.4 Å². The van der Waals surface area contributed by atoms with E-state index in [9.17, 15) is 14.4 Å². The van der Waals surface area contributed by atoms with Gasteiger partial charge >= 0.3 is 0 Å². The fourth-order valence-electron chi connectivity index (χ4n) is 0.693. The maximum atomic E-state index is 11.1. The smallest absolute Gasteiger partial charge is 0.239 e. The minimum absolute atomic E-state index is 0.0180. The van der Waals surface area contributed by atoms with Crippen LogP contribution in [0.5, 0.6) is 0 Å². The first kappa shape index (κ1) is 13.8. The molecule has 4 N–H and O–H groups in total. The summed E-state index contributed by atoms with van der Waals surface area (Å²) < 4.78 is 0. The average Bonchev–Trinajstić information content (AvgIpc) is 2.20. The van der Waals surface area contributed by atoms with Crippen molar-refractivity contribution in [3.8, 4) is 0 Å². The predicted molar refractivity (Wildman–Crippen MR) is 58.2 cm³/mol. The number of hydrogen-bond donors (Lipinski definition) is 3. The molecule has 0 rings (SSSR count). The van der Waals surface area contributed by atoms with Gasteiger partial charge in [-0.25, -0.2) is 0 Å². The first-order valence-electron chi connectivity index (χ1n) is 4.39. The van der Waals surface area contributed by atoms with Crippen molar-refractivity contribution in [1.29, 1.82) is 0 Å². The van der Waals surface area contributed by atoms with Crippen LogP contribution in [0.15, 0.2) is 0 Å². The van der Waals surface area contributed by atoms with Crippen molar-refractivity contribution in [1.82, 2.24) is 10.6 Å². The summed E-state index contributed by atoms with van der Waals surface area (Å²) in [5.74, 6) is -0.125. The molecule has 86 valence electrons. The van der Waals surface area contributed by atoms with Gasteiger partial charge in [0.05, 0.1) is 12.3 Å². The second kappa shape index (κ2) is 8.10. The molecule has 0 unspecified atom stereocenters. The largest absolute Gasteiger partial charge is 0.369 e. The summed E-state index contributed by atoms with van der Waals surface area (Å²) in [5, 5.41) is 4.82. The molecular weight excluding hydrogens is 218 g/mol. The Morgan fingerprint density at radius 3 is 2.47 bits per heavy atom. The lowest BCUT2D eigenvalue weighted by Gasteiger charge is -2.03. The molecule has 0 atom stereocenters. The van der Waals surface area contributed by atoms with Gasteiger partial charge in [0.25, 0.3) is 0 Å². The summed E-state index contributed by atoms with van der Waals surface area (Å²) >= 11 is 1.29. The van der Waals surface area contributed by atoms with E-state index in [0.717, 1.165) is 0 Å². The molecule has 15 heavy (non-hydrogen) atoms. The molecule has 0 saturated carbocycles. The van der Waals surface area contributed by atoms with Crippen molar-refractivity contribution in [2.24, 2.45) is 5.73 Å². The fourth-order valence-corrected chi connectivity index (χ4v) is 1.37. The Bertz CT molecular complexity index is 245. The molecular formula is C8H15N3O3S. The van der Waals surface area contributed by atoms with E-state index in [-0.39, 0.29) is 30.5 Å². The lowest BCUT2D eigenvalue weighted by molar-refractivity contribution is -0.125. The van der Waals surface area contributed by atoms with E-state index in [1.54, 1.807) is 0 Å². The molecule has 7 heteroatoms. The molecule has 6 nitrogen and oxygen atoms in total. The van der Waals surface area contributed by atoms with Crippen LogP contribution in [0.4, 0.5) is 0 Å². The Labute approximate surface area is 92.3 Å². The Morgan fingerprint density at radius 2 is 1.93 bits per heavy atom.